The summed E-state index contributed by atoms with van der Waals surface area (Å²) in [4.78, 5) is 68.9. The van der Waals surface area contributed by atoms with Crippen LogP contribution in [0.4, 0.5) is 4.79 Å². The molecule has 0 spiro atoms. The van der Waals surface area contributed by atoms with Crippen LogP contribution in [0.15, 0.2) is 42.9 Å². The van der Waals surface area contributed by atoms with Crippen LogP contribution in [0.25, 0.3) is 0 Å². The zero-order chi connectivity index (χ0) is 38.3. The summed E-state index contributed by atoms with van der Waals surface area (Å²) < 4.78 is 5.90. The van der Waals surface area contributed by atoms with Crippen LogP contribution in [0.1, 0.15) is 82.9 Å². The van der Waals surface area contributed by atoms with E-state index in [1.807, 2.05) is 42.3 Å². The van der Waals surface area contributed by atoms with Crippen molar-refractivity contribution in [3.63, 3.8) is 0 Å². The largest absolute Gasteiger partial charge is 0.436 e. The number of aliphatic hydroxyl groups is 1. The summed E-state index contributed by atoms with van der Waals surface area (Å²) in [5, 5.41) is 14.6. The molecule has 0 bridgehead atoms. The van der Waals surface area contributed by atoms with Gasteiger partial charge in [0.25, 0.3) is 5.91 Å². The maximum Gasteiger partial charge on any atom is 0.410 e. The maximum absolute atomic E-state index is 14.4. The minimum Gasteiger partial charge on any atom is -0.436 e. The van der Waals surface area contributed by atoms with Gasteiger partial charge in [-0.2, -0.15) is 0 Å². The van der Waals surface area contributed by atoms with Crippen molar-refractivity contribution in [1.82, 2.24) is 34.9 Å². The average molecular weight is 738 g/mol. The fourth-order valence-electron chi connectivity index (χ4n) is 7.26. The molecule has 4 atom stereocenters. The van der Waals surface area contributed by atoms with E-state index in [1.165, 1.54) is 22.5 Å². The zero-order valence-corrected chi connectivity index (χ0v) is 32.5. The van der Waals surface area contributed by atoms with Crippen molar-refractivity contribution in [2.24, 2.45) is 11.8 Å². The molecule has 1 aromatic carbocycles. The molecule has 0 radical (unpaired) electrons. The van der Waals surface area contributed by atoms with Crippen LogP contribution in [0.3, 0.4) is 0 Å². The van der Waals surface area contributed by atoms with E-state index in [1.54, 1.807) is 20.3 Å². The number of aliphatic hydroxyl groups excluding tert-OH is 1. The predicted octanol–water partition coefficient (Wildman–Crippen LogP) is 3.88. The lowest BCUT2D eigenvalue weighted by Crippen LogP contribution is -2.56. The standard InChI is InChI=1S/C40H63N7O6/c1-29(2)16-17-35(48)33(24-30-12-8-6-9-13-30)43-38(50)34(26-32-27-41-28-42-32)46(5)39(51)36(25-31-14-10-7-11-15-31)53-40(52)45(4)19-18-37(49)47-22-20-44(3)21-23-47/h7,10-11,14-15,27-30,33-36,48H,6,8-9,12-13,16-26H2,1-5H3,(H,41,42)(H,43,50)/t33-,34-,35-,36-/m0/s1. The van der Waals surface area contributed by atoms with Crippen LogP contribution in [0, 0.1) is 11.8 Å². The van der Waals surface area contributed by atoms with Gasteiger partial charge in [-0.25, -0.2) is 9.78 Å². The van der Waals surface area contributed by atoms with Gasteiger partial charge in [-0.15, -0.1) is 0 Å². The van der Waals surface area contributed by atoms with E-state index in [4.69, 9.17) is 4.74 Å². The fourth-order valence-corrected chi connectivity index (χ4v) is 7.26. The van der Waals surface area contributed by atoms with Gasteiger partial charge in [0.15, 0.2) is 6.10 Å². The number of imidazole rings is 1. The molecule has 4 amide bonds. The Morgan fingerprint density at radius 3 is 2.34 bits per heavy atom. The van der Waals surface area contributed by atoms with Gasteiger partial charge >= 0.3 is 6.09 Å². The number of nitrogens with zero attached hydrogens (tertiary/aromatic N) is 5. The number of hydrogen-bond acceptors (Lipinski definition) is 8. The quantitative estimate of drug-likeness (QED) is 0.209. The summed E-state index contributed by atoms with van der Waals surface area (Å²) in [6.45, 7) is 7.28. The number of benzene rings is 1. The molecule has 4 rings (SSSR count). The molecular weight excluding hydrogens is 674 g/mol. The first-order valence-corrected chi connectivity index (χ1v) is 19.6. The molecule has 1 aliphatic carbocycles. The van der Waals surface area contributed by atoms with Gasteiger partial charge in [0.05, 0.1) is 18.5 Å². The molecular formula is C40H63N7O6. The van der Waals surface area contributed by atoms with E-state index in [9.17, 15) is 24.3 Å². The Labute approximate surface area is 315 Å². The molecule has 2 aliphatic rings. The van der Waals surface area contributed by atoms with Crippen molar-refractivity contribution in [2.45, 2.75) is 109 Å². The fraction of sp³-hybridized carbons (Fsp3) is 0.675. The van der Waals surface area contributed by atoms with Gasteiger partial charge < -0.3 is 39.7 Å². The molecule has 294 valence electrons. The lowest BCUT2D eigenvalue weighted by atomic mass is 9.83. The lowest BCUT2D eigenvalue weighted by Gasteiger charge is -2.34. The molecule has 0 unspecified atom stereocenters. The summed E-state index contributed by atoms with van der Waals surface area (Å²) in [7, 11) is 5.13. The summed E-state index contributed by atoms with van der Waals surface area (Å²) >= 11 is 0. The van der Waals surface area contributed by atoms with Crippen LogP contribution in [0.5, 0.6) is 0 Å². The summed E-state index contributed by atoms with van der Waals surface area (Å²) in [5.74, 6) is -0.125. The second-order valence-corrected chi connectivity index (χ2v) is 15.6. The third-order valence-corrected chi connectivity index (χ3v) is 10.8. The number of amides is 4. The third-order valence-electron chi connectivity index (χ3n) is 10.8. The highest BCUT2D eigenvalue weighted by molar-refractivity contribution is 5.90. The highest BCUT2D eigenvalue weighted by Gasteiger charge is 2.37. The Kier molecular flexibility index (Phi) is 16.6. The van der Waals surface area contributed by atoms with Crippen molar-refractivity contribution < 1.29 is 29.0 Å². The molecule has 13 nitrogen and oxygen atoms in total. The van der Waals surface area contributed by atoms with Gasteiger partial charge in [-0.1, -0.05) is 76.3 Å². The number of carbonyl (C=O) groups excluding carboxylic acids is 4. The van der Waals surface area contributed by atoms with Gasteiger partial charge in [-0.3, -0.25) is 14.4 Å². The Balaban J connectivity index is 1.51. The minimum absolute atomic E-state index is 0.0295. The molecule has 1 saturated carbocycles. The van der Waals surface area contributed by atoms with Crippen LogP contribution in [0.2, 0.25) is 0 Å². The SMILES string of the molecule is CC(C)CC[C@H](O)[C@H](CC1CCCCC1)NC(=O)[C@H](Cc1cnc[nH]1)N(C)C(=O)[C@H](Cc1ccccc1)OC(=O)N(C)CCC(=O)N1CCN(C)CC1. The number of ether oxygens (including phenoxy) is 1. The van der Waals surface area contributed by atoms with Crippen molar-refractivity contribution in [1.29, 1.82) is 0 Å². The Hall–Kier alpha value is -3.97. The smallest absolute Gasteiger partial charge is 0.410 e. The molecule has 1 saturated heterocycles. The Morgan fingerprint density at radius 2 is 1.70 bits per heavy atom. The first kappa shape index (κ1) is 41.8. The summed E-state index contributed by atoms with van der Waals surface area (Å²) in [6, 6.07) is 7.84. The van der Waals surface area contributed by atoms with E-state index < -0.39 is 36.3 Å². The Bertz CT molecular complexity index is 1410. The molecule has 2 aromatic rings. The highest BCUT2D eigenvalue weighted by atomic mass is 16.6. The average Bonchev–Trinajstić information content (AvgIpc) is 3.68. The molecule has 3 N–H and O–H groups in total. The number of rotatable bonds is 18. The van der Waals surface area contributed by atoms with Gasteiger partial charge in [0.2, 0.25) is 11.8 Å². The summed E-state index contributed by atoms with van der Waals surface area (Å²) in [5.41, 5.74) is 1.45. The normalized spacial score (nSPS) is 17.8. The molecule has 1 aromatic heterocycles. The number of carbonyl (C=O) groups is 4. The predicted molar refractivity (Wildman–Crippen MR) is 204 cm³/mol. The maximum atomic E-state index is 14.4. The number of aromatic nitrogens is 2. The van der Waals surface area contributed by atoms with Crippen LogP contribution >= 0.6 is 0 Å². The first-order chi connectivity index (χ1) is 25.4. The molecule has 1 aliphatic heterocycles. The van der Waals surface area contributed by atoms with E-state index in [0.717, 1.165) is 50.8 Å². The number of nitrogens with one attached hydrogen (secondary N) is 2. The number of aromatic amines is 1. The molecule has 53 heavy (non-hydrogen) atoms. The molecule has 2 fully saturated rings. The molecule has 2 heterocycles. The highest BCUT2D eigenvalue weighted by Crippen LogP contribution is 2.29. The van der Waals surface area contributed by atoms with Gasteiger partial charge in [0.1, 0.15) is 6.04 Å². The topological polar surface area (TPSA) is 151 Å². The van der Waals surface area contributed by atoms with Crippen LogP contribution in [-0.4, -0.2) is 137 Å². The summed E-state index contributed by atoms with van der Waals surface area (Å²) in [6.07, 6.45) is 8.58. The van der Waals surface area contributed by atoms with Crippen molar-refractivity contribution >= 4 is 23.8 Å². The molecule has 13 heteroatoms. The van der Waals surface area contributed by atoms with E-state index >= 15 is 0 Å². The minimum atomic E-state index is -1.24. The van der Waals surface area contributed by atoms with Gasteiger partial charge in [0, 0.05) is 78.0 Å². The number of likely N-dealkylation sites (N-methyl/N-ethyl adjacent to an activating group) is 2. The number of piperazine rings is 1. The number of hydrogen-bond donors (Lipinski definition) is 3. The second kappa shape index (κ2) is 21.1. The van der Waals surface area contributed by atoms with Crippen molar-refractivity contribution in [2.75, 3.05) is 53.9 Å². The van der Waals surface area contributed by atoms with Crippen LogP contribution in [-0.2, 0) is 32.0 Å². The van der Waals surface area contributed by atoms with Crippen LogP contribution < -0.4 is 5.32 Å². The van der Waals surface area contributed by atoms with E-state index in [2.05, 4.69) is 34.0 Å². The Morgan fingerprint density at radius 1 is 1.00 bits per heavy atom. The van der Waals surface area contributed by atoms with Crippen molar-refractivity contribution in [3.8, 4) is 0 Å². The first-order valence-electron chi connectivity index (χ1n) is 19.6. The monoisotopic (exact) mass is 737 g/mol. The zero-order valence-electron chi connectivity index (χ0n) is 32.5. The van der Waals surface area contributed by atoms with E-state index in [-0.39, 0.29) is 37.6 Å². The lowest BCUT2D eigenvalue weighted by molar-refractivity contribution is -0.146. The third kappa shape index (κ3) is 13.4. The van der Waals surface area contributed by atoms with Crippen molar-refractivity contribution in [3.05, 3.63) is 54.1 Å². The van der Waals surface area contributed by atoms with E-state index in [0.29, 0.717) is 43.5 Å². The second-order valence-electron chi connectivity index (χ2n) is 15.6. The number of H-pyrrole nitrogens is 1. The van der Waals surface area contributed by atoms with Gasteiger partial charge in [-0.05, 0) is 43.7 Å².